The monoisotopic (exact) mass is 559 g/mol. The number of nitrogens with one attached hydrogen (secondary N) is 2. The molecule has 1 aliphatic carbocycles. The molecule has 1 aromatic heterocycles. The summed E-state index contributed by atoms with van der Waals surface area (Å²) >= 11 is 6.08. The Hall–Kier alpha value is -2.01. The van der Waals surface area contributed by atoms with Crippen molar-refractivity contribution in [3.8, 4) is 0 Å². The fourth-order valence-electron chi connectivity index (χ4n) is 7.07. The van der Waals surface area contributed by atoms with Crippen LogP contribution in [0.2, 0.25) is 5.02 Å². The summed E-state index contributed by atoms with van der Waals surface area (Å²) in [5.41, 5.74) is 1.19. The van der Waals surface area contributed by atoms with Crippen LogP contribution in [-0.2, 0) is 28.8 Å². The number of carbonyl (C=O) groups is 1. The first kappa shape index (κ1) is 27.2. The molecule has 39 heavy (non-hydrogen) atoms. The van der Waals surface area contributed by atoms with E-state index in [2.05, 4.69) is 29.5 Å². The summed E-state index contributed by atoms with van der Waals surface area (Å²) in [6.07, 6.45) is 4.52. The Labute approximate surface area is 234 Å². The van der Waals surface area contributed by atoms with Gasteiger partial charge in [0.15, 0.2) is 11.9 Å². The number of hydrogen-bond donors (Lipinski definition) is 2. The van der Waals surface area contributed by atoms with Gasteiger partial charge < -0.3 is 24.8 Å². The highest BCUT2D eigenvalue weighted by atomic mass is 35.5. The van der Waals surface area contributed by atoms with Crippen molar-refractivity contribution in [2.45, 2.75) is 76.8 Å². The van der Waals surface area contributed by atoms with E-state index in [1.807, 2.05) is 31.2 Å². The largest absolute Gasteiger partial charge is 0.435 e. The van der Waals surface area contributed by atoms with Crippen LogP contribution in [-0.4, -0.2) is 54.6 Å². The quantitative estimate of drug-likeness (QED) is 0.262. The Bertz CT molecular complexity index is 1220. The Morgan fingerprint density at radius 3 is 2.87 bits per heavy atom. The van der Waals surface area contributed by atoms with Gasteiger partial charge in [-0.3, -0.25) is 9.78 Å². The van der Waals surface area contributed by atoms with E-state index in [0.29, 0.717) is 30.6 Å². The number of ether oxygens (including phenoxy) is 3. The van der Waals surface area contributed by atoms with Crippen molar-refractivity contribution in [2.75, 3.05) is 25.0 Å². The minimum atomic E-state index is -0.847. The highest BCUT2D eigenvalue weighted by Gasteiger charge is 2.69. The first-order chi connectivity index (χ1) is 18.8. The van der Waals surface area contributed by atoms with Crippen LogP contribution in [0.4, 0.5) is 5.69 Å². The SMILES string of the molecule is C[C@H]1[C@@H](OC(=O)CCNCCNc2ccnc3cc(Cl)ccc23)O[C@@H]2O[C@@]3(C)CC[C@H]4[C@H](C)CC[C@@H]1[C@@]24OO3. The van der Waals surface area contributed by atoms with Crippen molar-refractivity contribution in [3.05, 3.63) is 35.5 Å². The first-order valence-corrected chi connectivity index (χ1v) is 14.6. The number of esters is 1. The van der Waals surface area contributed by atoms with Crippen LogP contribution in [0, 0.1) is 23.7 Å². The lowest BCUT2D eigenvalue weighted by Crippen LogP contribution is -2.70. The van der Waals surface area contributed by atoms with E-state index in [1.165, 1.54) is 0 Å². The van der Waals surface area contributed by atoms with Crippen LogP contribution in [0.5, 0.6) is 0 Å². The van der Waals surface area contributed by atoms with Gasteiger partial charge in [-0.25, -0.2) is 9.78 Å². The fraction of sp³-hybridized carbons (Fsp3) is 0.655. The van der Waals surface area contributed by atoms with Crippen LogP contribution >= 0.6 is 11.6 Å². The Morgan fingerprint density at radius 2 is 2.00 bits per heavy atom. The zero-order valence-electron chi connectivity index (χ0n) is 22.8. The minimum absolute atomic E-state index is 0.0305. The number of halogens is 1. The molecule has 212 valence electrons. The number of nitrogens with zero attached hydrogens (tertiary/aromatic N) is 1. The maximum atomic E-state index is 12.8. The summed E-state index contributed by atoms with van der Waals surface area (Å²) in [4.78, 5) is 29.2. The Kier molecular flexibility index (Phi) is 7.50. The van der Waals surface area contributed by atoms with Gasteiger partial charge >= 0.3 is 5.97 Å². The molecule has 2 bridgehead atoms. The van der Waals surface area contributed by atoms with Gasteiger partial charge in [-0.15, -0.1) is 0 Å². The molecule has 7 rings (SSSR count). The average Bonchev–Trinajstić information content (AvgIpc) is 3.14. The van der Waals surface area contributed by atoms with Gasteiger partial charge in [-0.05, 0) is 62.3 Å². The molecule has 0 unspecified atom stereocenters. The van der Waals surface area contributed by atoms with Crippen LogP contribution < -0.4 is 10.6 Å². The molecule has 1 spiro atoms. The number of rotatable bonds is 8. The maximum absolute atomic E-state index is 12.8. The van der Waals surface area contributed by atoms with Crippen molar-refractivity contribution in [1.29, 1.82) is 0 Å². The third-order valence-corrected chi connectivity index (χ3v) is 9.41. The molecule has 2 aromatic rings. The second-order valence-electron chi connectivity index (χ2n) is 11.7. The first-order valence-electron chi connectivity index (χ1n) is 14.2. The van der Waals surface area contributed by atoms with Gasteiger partial charge in [-0.2, -0.15) is 0 Å². The number of benzene rings is 1. The van der Waals surface area contributed by atoms with E-state index in [-0.39, 0.29) is 30.1 Å². The van der Waals surface area contributed by atoms with Crippen molar-refractivity contribution in [1.82, 2.24) is 10.3 Å². The molecule has 8 atom stereocenters. The lowest BCUT2D eigenvalue weighted by molar-refractivity contribution is -0.576. The number of anilines is 1. The predicted molar refractivity (Wildman–Crippen MR) is 146 cm³/mol. The second kappa shape index (κ2) is 10.8. The van der Waals surface area contributed by atoms with E-state index < -0.39 is 24.0 Å². The van der Waals surface area contributed by atoms with E-state index in [1.54, 1.807) is 6.20 Å². The maximum Gasteiger partial charge on any atom is 0.309 e. The van der Waals surface area contributed by atoms with Gasteiger partial charge in [0.25, 0.3) is 0 Å². The van der Waals surface area contributed by atoms with Crippen molar-refractivity contribution >= 4 is 34.2 Å². The van der Waals surface area contributed by atoms with Crippen molar-refractivity contribution in [2.24, 2.45) is 23.7 Å². The molecule has 10 heteroatoms. The number of pyridine rings is 1. The summed E-state index contributed by atoms with van der Waals surface area (Å²) < 4.78 is 18.6. The molecule has 4 aliphatic heterocycles. The highest BCUT2D eigenvalue weighted by molar-refractivity contribution is 6.31. The lowest BCUT2D eigenvalue weighted by atomic mass is 9.58. The predicted octanol–water partition coefficient (Wildman–Crippen LogP) is 5.03. The molecule has 5 heterocycles. The van der Waals surface area contributed by atoms with Crippen molar-refractivity contribution < 1.29 is 28.8 Å². The third-order valence-electron chi connectivity index (χ3n) is 9.17. The van der Waals surface area contributed by atoms with Crippen LogP contribution in [0.1, 0.15) is 52.9 Å². The zero-order chi connectivity index (χ0) is 27.2. The smallest absolute Gasteiger partial charge is 0.309 e. The van der Waals surface area contributed by atoms with Gasteiger partial charge in [0.05, 0.1) is 11.9 Å². The number of aromatic nitrogens is 1. The molecule has 0 amide bonds. The summed E-state index contributed by atoms with van der Waals surface area (Å²) in [5, 5.41) is 8.41. The van der Waals surface area contributed by atoms with Crippen LogP contribution in [0.15, 0.2) is 30.5 Å². The lowest BCUT2D eigenvalue weighted by Gasteiger charge is -2.59. The molecular formula is C29H38ClN3O6. The van der Waals surface area contributed by atoms with Crippen LogP contribution in [0.25, 0.3) is 10.9 Å². The summed E-state index contributed by atoms with van der Waals surface area (Å²) in [6.45, 7) is 8.16. The van der Waals surface area contributed by atoms with Gasteiger partial charge in [0, 0.05) is 60.2 Å². The van der Waals surface area contributed by atoms with Gasteiger partial charge in [-0.1, -0.05) is 25.4 Å². The molecule has 5 fully saturated rings. The molecule has 5 aliphatic rings. The van der Waals surface area contributed by atoms with Crippen molar-refractivity contribution in [3.63, 3.8) is 0 Å². The molecule has 4 saturated heterocycles. The number of hydrogen-bond acceptors (Lipinski definition) is 9. The third kappa shape index (κ3) is 5.02. The second-order valence-corrected chi connectivity index (χ2v) is 12.1. The standard InChI is InChI=1S/C29H38ClN3O6/c1-17-4-7-22-18(2)26(36-27-29(22)21(17)8-11-28(3,37-27)38-39-29)35-25(34)10-12-31-14-15-33-23-9-13-32-24-16-19(30)5-6-20(23)24/h5-6,9,13,16-18,21-22,26-27,31H,4,7-8,10-12,14-15H2,1-3H3,(H,32,33)/t17-,18-,21+,22+,26+,27-,28-,29-/m1/s1. The molecule has 1 saturated carbocycles. The zero-order valence-corrected chi connectivity index (χ0v) is 23.5. The number of fused-ring (bicyclic) bond motifs is 3. The average molecular weight is 560 g/mol. The normalized spacial score (nSPS) is 37.2. The minimum Gasteiger partial charge on any atom is -0.435 e. The summed E-state index contributed by atoms with van der Waals surface area (Å²) in [7, 11) is 0. The highest BCUT2D eigenvalue weighted by Crippen LogP contribution is 2.60. The molecule has 0 radical (unpaired) electrons. The van der Waals surface area contributed by atoms with E-state index in [4.69, 9.17) is 35.6 Å². The summed E-state index contributed by atoms with van der Waals surface area (Å²) in [6, 6.07) is 7.62. The Balaban J connectivity index is 0.997. The Morgan fingerprint density at radius 1 is 1.13 bits per heavy atom. The molecule has 1 aromatic carbocycles. The fourth-order valence-corrected chi connectivity index (χ4v) is 7.24. The molecular weight excluding hydrogens is 522 g/mol. The topological polar surface area (TPSA) is 100 Å². The van der Waals surface area contributed by atoms with E-state index >= 15 is 0 Å². The van der Waals surface area contributed by atoms with Crippen LogP contribution in [0.3, 0.4) is 0 Å². The van der Waals surface area contributed by atoms with E-state index in [9.17, 15) is 4.79 Å². The summed E-state index contributed by atoms with van der Waals surface area (Å²) in [5.74, 6) is -0.268. The molecule has 2 N–H and O–H groups in total. The molecule has 9 nitrogen and oxygen atoms in total. The van der Waals surface area contributed by atoms with E-state index in [0.717, 1.165) is 42.3 Å². The number of carbonyl (C=O) groups excluding carboxylic acids is 1. The van der Waals surface area contributed by atoms with Gasteiger partial charge in [0.2, 0.25) is 12.1 Å². The van der Waals surface area contributed by atoms with Gasteiger partial charge in [0.1, 0.15) is 0 Å².